The summed E-state index contributed by atoms with van der Waals surface area (Å²) < 4.78 is 0. The number of thiophene rings is 1. The second-order valence-electron chi connectivity index (χ2n) is 5.30. The Morgan fingerprint density at radius 2 is 2.22 bits per heavy atom. The summed E-state index contributed by atoms with van der Waals surface area (Å²) in [4.78, 5) is 27.1. The van der Waals surface area contributed by atoms with Crippen LogP contribution in [0.5, 0.6) is 0 Å². The van der Waals surface area contributed by atoms with Gasteiger partial charge in [0.05, 0.1) is 17.0 Å². The molecule has 23 heavy (non-hydrogen) atoms. The number of amides is 1. The Labute approximate surface area is 142 Å². The molecule has 0 aliphatic carbocycles. The molecule has 1 aromatic heterocycles. The van der Waals surface area contributed by atoms with E-state index >= 15 is 0 Å². The number of rotatable bonds is 5. The van der Waals surface area contributed by atoms with Gasteiger partial charge in [0.15, 0.2) is 11.4 Å². The van der Waals surface area contributed by atoms with Gasteiger partial charge >= 0.3 is 0 Å². The third-order valence-corrected chi connectivity index (χ3v) is 4.96. The molecule has 118 valence electrons. The molecule has 1 aliphatic rings. The molecular formula is C17H14ClNO3S. The number of fused-ring (bicyclic) bond motifs is 1. The second-order valence-corrected chi connectivity index (χ2v) is 6.69. The molecule has 2 aromatic rings. The number of Topliss-reactive ketones (excluding diaryl/α,β-unsaturated/α-hetero) is 1. The maximum absolute atomic E-state index is 12.7. The maximum atomic E-state index is 12.7. The molecule has 0 radical (unpaired) electrons. The van der Waals surface area contributed by atoms with Crippen LogP contribution >= 0.6 is 22.9 Å². The molecule has 0 saturated carbocycles. The molecule has 1 amide bonds. The van der Waals surface area contributed by atoms with Crippen LogP contribution in [0.2, 0.25) is 5.02 Å². The number of carbonyl (C=O) groups excluding carboxylic acids is 2. The van der Waals surface area contributed by atoms with E-state index in [0.29, 0.717) is 21.2 Å². The lowest BCUT2D eigenvalue weighted by molar-refractivity contribution is -0.135. The third-order valence-electron chi connectivity index (χ3n) is 3.82. The van der Waals surface area contributed by atoms with Crippen LogP contribution in [0.4, 0.5) is 5.69 Å². The quantitative estimate of drug-likeness (QED) is 0.666. The number of halogens is 1. The van der Waals surface area contributed by atoms with Gasteiger partial charge in [-0.1, -0.05) is 23.7 Å². The van der Waals surface area contributed by atoms with Crippen LogP contribution in [0.3, 0.4) is 0 Å². The lowest BCUT2D eigenvalue weighted by atomic mass is 9.89. The van der Waals surface area contributed by atoms with Gasteiger partial charge < -0.3 is 10.0 Å². The van der Waals surface area contributed by atoms with Crippen molar-refractivity contribution in [1.29, 1.82) is 0 Å². The van der Waals surface area contributed by atoms with Crippen LogP contribution in [0.25, 0.3) is 0 Å². The Balaban J connectivity index is 2.04. The molecule has 1 aliphatic heterocycles. The predicted octanol–water partition coefficient (Wildman–Crippen LogP) is 3.39. The Bertz CT molecular complexity index is 787. The Morgan fingerprint density at radius 3 is 2.87 bits per heavy atom. The number of ketones is 1. The number of hydrogen-bond donors (Lipinski definition) is 1. The highest BCUT2D eigenvalue weighted by atomic mass is 35.5. The first-order valence-corrected chi connectivity index (χ1v) is 8.25. The van der Waals surface area contributed by atoms with Gasteiger partial charge in [-0.05, 0) is 29.6 Å². The molecule has 1 atom stereocenters. The van der Waals surface area contributed by atoms with Crippen LogP contribution in [0.15, 0.2) is 48.4 Å². The summed E-state index contributed by atoms with van der Waals surface area (Å²) in [6.45, 7) is 3.88. The molecule has 0 fully saturated rings. The van der Waals surface area contributed by atoms with Crippen molar-refractivity contribution in [2.75, 3.05) is 11.4 Å². The first-order chi connectivity index (χ1) is 11.0. The molecule has 1 aromatic carbocycles. The van der Waals surface area contributed by atoms with E-state index in [1.54, 1.807) is 41.8 Å². The van der Waals surface area contributed by atoms with Crippen molar-refractivity contribution in [2.24, 2.45) is 0 Å². The topological polar surface area (TPSA) is 57.6 Å². The summed E-state index contributed by atoms with van der Waals surface area (Å²) in [5, 5.41) is 13.2. The van der Waals surface area contributed by atoms with Crippen molar-refractivity contribution < 1.29 is 14.7 Å². The van der Waals surface area contributed by atoms with E-state index in [0.717, 1.165) is 0 Å². The number of carbonyl (C=O) groups is 2. The van der Waals surface area contributed by atoms with Crippen LogP contribution in [-0.4, -0.2) is 23.3 Å². The molecule has 0 spiro atoms. The van der Waals surface area contributed by atoms with Gasteiger partial charge in [0.25, 0.3) is 5.91 Å². The molecule has 4 nitrogen and oxygen atoms in total. The predicted molar refractivity (Wildman–Crippen MR) is 91.2 cm³/mol. The average Bonchev–Trinajstić information content (AvgIpc) is 3.11. The Kier molecular flexibility index (Phi) is 4.10. The molecular weight excluding hydrogens is 334 g/mol. The van der Waals surface area contributed by atoms with Crippen molar-refractivity contribution in [1.82, 2.24) is 0 Å². The summed E-state index contributed by atoms with van der Waals surface area (Å²) in [5.74, 6) is -0.804. The smallest absolute Gasteiger partial charge is 0.264 e. The molecule has 3 rings (SSSR count). The minimum absolute atomic E-state index is 0.253. The van der Waals surface area contributed by atoms with Crippen LogP contribution < -0.4 is 4.90 Å². The molecule has 0 saturated heterocycles. The van der Waals surface area contributed by atoms with E-state index in [-0.39, 0.29) is 18.7 Å². The van der Waals surface area contributed by atoms with Crippen LogP contribution in [0.1, 0.15) is 21.7 Å². The van der Waals surface area contributed by atoms with Crippen molar-refractivity contribution in [2.45, 2.75) is 12.0 Å². The number of anilines is 1. The second kappa shape index (κ2) is 5.92. The average molecular weight is 348 g/mol. The third kappa shape index (κ3) is 2.61. The van der Waals surface area contributed by atoms with Gasteiger partial charge in [-0.3, -0.25) is 9.59 Å². The van der Waals surface area contributed by atoms with E-state index in [1.807, 2.05) is 0 Å². The molecule has 6 heteroatoms. The van der Waals surface area contributed by atoms with Gasteiger partial charge in [0.2, 0.25) is 0 Å². The van der Waals surface area contributed by atoms with Crippen LogP contribution in [0, 0.1) is 0 Å². The van der Waals surface area contributed by atoms with E-state index in [4.69, 9.17) is 11.6 Å². The first kappa shape index (κ1) is 15.9. The van der Waals surface area contributed by atoms with Crippen molar-refractivity contribution in [3.63, 3.8) is 0 Å². The van der Waals surface area contributed by atoms with Gasteiger partial charge in [0.1, 0.15) is 0 Å². The lowest BCUT2D eigenvalue weighted by Crippen LogP contribution is -2.41. The Hall–Kier alpha value is -1.95. The number of aliphatic hydroxyl groups is 1. The first-order valence-electron chi connectivity index (χ1n) is 6.99. The minimum atomic E-state index is -1.90. The normalized spacial score (nSPS) is 19.7. The highest BCUT2D eigenvalue weighted by molar-refractivity contribution is 7.12. The van der Waals surface area contributed by atoms with Gasteiger partial charge in [0, 0.05) is 17.1 Å². The number of benzene rings is 1. The fourth-order valence-electron chi connectivity index (χ4n) is 2.76. The SMILES string of the molecule is C=CCN1C(=O)[C@](O)(CC(=O)c2cccs2)c2cc(Cl)ccc21. The molecule has 0 bridgehead atoms. The standard InChI is InChI=1S/C17H14ClNO3S/c1-2-7-19-13-6-5-11(18)9-12(13)17(22,16(19)21)10-14(20)15-4-3-8-23-15/h2-6,8-9,22H,1,7,10H2/t17-/m0/s1. The fourth-order valence-corrected chi connectivity index (χ4v) is 3.60. The maximum Gasteiger partial charge on any atom is 0.264 e. The largest absolute Gasteiger partial charge is 0.375 e. The van der Waals surface area contributed by atoms with E-state index in [1.165, 1.54) is 16.2 Å². The molecule has 2 heterocycles. The summed E-state index contributed by atoms with van der Waals surface area (Å²) in [6, 6.07) is 8.30. The van der Waals surface area contributed by atoms with Crippen molar-refractivity contribution in [3.05, 3.63) is 63.8 Å². The number of nitrogens with zero attached hydrogens (tertiary/aromatic N) is 1. The zero-order chi connectivity index (χ0) is 16.6. The van der Waals surface area contributed by atoms with E-state index < -0.39 is 11.5 Å². The van der Waals surface area contributed by atoms with E-state index in [9.17, 15) is 14.7 Å². The van der Waals surface area contributed by atoms with Gasteiger partial charge in [-0.15, -0.1) is 17.9 Å². The lowest BCUT2D eigenvalue weighted by Gasteiger charge is -2.21. The highest BCUT2D eigenvalue weighted by Crippen LogP contribution is 2.44. The monoisotopic (exact) mass is 347 g/mol. The summed E-state index contributed by atoms with van der Waals surface area (Å²) in [7, 11) is 0. The summed E-state index contributed by atoms with van der Waals surface area (Å²) in [6.07, 6.45) is 1.26. The molecule has 0 unspecified atom stereocenters. The fraction of sp³-hybridized carbons (Fsp3) is 0.176. The highest BCUT2D eigenvalue weighted by Gasteiger charge is 2.50. The molecule has 1 N–H and O–H groups in total. The summed E-state index contributed by atoms with van der Waals surface area (Å²) >= 11 is 7.30. The summed E-state index contributed by atoms with van der Waals surface area (Å²) in [5.41, 5.74) is -0.979. The van der Waals surface area contributed by atoms with Crippen molar-refractivity contribution >= 4 is 40.3 Å². The zero-order valence-electron chi connectivity index (χ0n) is 12.2. The number of hydrogen-bond acceptors (Lipinski definition) is 4. The minimum Gasteiger partial charge on any atom is -0.375 e. The Morgan fingerprint density at radius 1 is 1.43 bits per heavy atom. The van der Waals surface area contributed by atoms with E-state index in [2.05, 4.69) is 6.58 Å². The van der Waals surface area contributed by atoms with Crippen molar-refractivity contribution in [3.8, 4) is 0 Å². The van der Waals surface area contributed by atoms with Crippen LogP contribution in [-0.2, 0) is 10.4 Å². The van der Waals surface area contributed by atoms with Gasteiger partial charge in [-0.2, -0.15) is 0 Å². The zero-order valence-corrected chi connectivity index (χ0v) is 13.7. The van der Waals surface area contributed by atoms with Gasteiger partial charge in [-0.25, -0.2) is 0 Å².